The number of rotatable bonds is 4. The number of sulfonamides is 1. The van der Waals surface area contributed by atoms with E-state index in [1.807, 2.05) is 0 Å². The van der Waals surface area contributed by atoms with Crippen molar-refractivity contribution in [2.45, 2.75) is 17.4 Å². The lowest BCUT2D eigenvalue weighted by atomic mass is 10.3. The van der Waals surface area contributed by atoms with Crippen molar-refractivity contribution in [2.75, 3.05) is 25.5 Å². The normalized spacial score (nSPS) is 20.0. The second kappa shape index (κ2) is 5.35. The van der Waals surface area contributed by atoms with Gasteiger partial charge in [-0.2, -0.15) is 4.31 Å². The molecule has 20 heavy (non-hydrogen) atoms. The highest BCUT2D eigenvalue weighted by atomic mass is 32.2. The number of nitrogens with zero attached hydrogens (tertiary/aromatic N) is 2. The van der Waals surface area contributed by atoms with Crippen molar-refractivity contribution in [2.24, 2.45) is 0 Å². The zero-order valence-electron chi connectivity index (χ0n) is 10.8. The molecule has 1 aliphatic rings. The van der Waals surface area contributed by atoms with Crippen LogP contribution >= 0.6 is 0 Å². The maximum Gasteiger partial charge on any atom is 0.293 e. The van der Waals surface area contributed by atoms with E-state index in [9.17, 15) is 23.6 Å². The first-order valence-corrected chi connectivity index (χ1v) is 7.44. The summed E-state index contributed by atoms with van der Waals surface area (Å²) in [5.74, 6) is 0. The molecule has 0 saturated carbocycles. The van der Waals surface area contributed by atoms with Gasteiger partial charge in [0, 0.05) is 26.2 Å². The van der Waals surface area contributed by atoms with Gasteiger partial charge in [0.1, 0.15) is 5.69 Å². The zero-order valence-corrected chi connectivity index (χ0v) is 11.6. The van der Waals surface area contributed by atoms with Crippen molar-refractivity contribution in [3.8, 4) is 0 Å². The number of anilines is 1. The van der Waals surface area contributed by atoms with E-state index < -0.39 is 21.1 Å². The van der Waals surface area contributed by atoms with Crippen molar-refractivity contribution in [3.63, 3.8) is 0 Å². The molecule has 0 amide bonds. The van der Waals surface area contributed by atoms with Gasteiger partial charge in [-0.3, -0.25) is 10.1 Å². The Bertz CT molecular complexity index is 631. The second-order valence-electron chi connectivity index (χ2n) is 4.49. The molecule has 1 heterocycles. The fourth-order valence-corrected chi connectivity index (χ4v) is 3.63. The van der Waals surface area contributed by atoms with Gasteiger partial charge in [-0.25, -0.2) is 8.42 Å². The van der Waals surface area contributed by atoms with Gasteiger partial charge >= 0.3 is 0 Å². The average molecular weight is 301 g/mol. The summed E-state index contributed by atoms with van der Waals surface area (Å²) in [5.41, 5.74) is -0.0521. The lowest BCUT2D eigenvalue weighted by molar-refractivity contribution is -0.384. The van der Waals surface area contributed by atoms with E-state index >= 15 is 0 Å². The minimum Gasteiger partial charge on any atom is -0.392 e. The highest BCUT2D eigenvalue weighted by molar-refractivity contribution is 7.89. The lowest BCUT2D eigenvalue weighted by Crippen LogP contribution is -2.29. The van der Waals surface area contributed by atoms with Crippen LogP contribution in [0.3, 0.4) is 0 Å². The molecule has 0 aromatic heterocycles. The molecule has 0 bridgehead atoms. The van der Waals surface area contributed by atoms with Crippen LogP contribution in [0.1, 0.15) is 6.42 Å². The molecule has 0 spiro atoms. The van der Waals surface area contributed by atoms with Crippen LogP contribution in [-0.2, 0) is 10.0 Å². The Morgan fingerprint density at radius 1 is 1.50 bits per heavy atom. The largest absolute Gasteiger partial charge is 0.392 e. The fraction of sp³-hybridized carbons (Fsp3) is 0.455. The van der Waals surface area contributed by atoms with Gasteiger partial charge in [0.15, 0.2) is 0 Å². The average Bonchev–Trinajstić information content (AvgIpc) is 2.85. The van der Waals surface area contributed by atoms with Crippen LogP contribution in [0, 0.1) is 10.1 Å². The topological polar surface area (TPSA) is 113 Å². The van der Waals surface area contributed by atoms with Gasteiger partial charge in [-0.15, -0.1) is 0 Å². The third kappa shape index (κ3) is 2.60. The number of hydrogen-bond donors (Lipinski definition) is 2. The Morgan fingerprint density at radius 2 is 2.20 bits per heavy atom. The first-order valence-electron chi connectivity index (χ1n) is 6.00. The van der Waals surface area contributed by atoms with Crippen LogP contribution in [-0.4, -0.2) is 49.0 Å². The summed E-state index contributed by atoms with van der Waals surface area (Å²) in [6, 6.07) is 3.71. The smallest absolute Gasteiger partial charge is 0.293 e. The van der Waals surface area contributed by atoms with Crippen molar-refractivity contribution < 1.29 is 18.4 Å². The predicted molar refractivity (Wildman–Crippen MR) is 72.0 cm³/mol. The van der Waals surface area contributed by atoms with Crippen LogP contribution in [0.4, 0.5) is 11.4 Å². The van der Waals surface area contributed by atoms with Crippen molar-refractivity contribution >= 4 is 21.4 Å². The SMILES string of the molecule is CNc1ccc(S(=O)(=O)N2CCC(O)C2)cc1[N+](=O)[O-]. The maximum atomic E-state index is 12.3. The van der Waals surface area contributed by atoms with Crippen LogP contribution in [0.5, 0.6) is 0 Å². The van der Waals surface area contributed by atoms with E-state index in [1.165, 1.54) is 19.2 Å². The van der Waals surface area contributed by atoms with E-state index in [2.05, 4.69) is 5.32 Å². The predicted octanol–water partition coefficient (Wildman–Crippen LogP) is 0.392. The van der Waals surface area contributed by atoms with Gasteiger partial charge in [0.25, 0.3) is 5.69 Å². The summed E-state index contributed by atoms with van der Waals surface area (Å²) in [6.07, 6.45) is -0.313. The Balaban J connectivity index is 2.42. The van der Waals surface area contributed by atoms with Crippen LogP contribution in [0.15, 0.2) is 23.1 Å². The van der Waals surface area contributed by atoms with E-state index in [0.717, 1.165) is 10.4 Å². The summed E-state index contributed by atoms with van der Waals surface area (Å²) in [5, 5.41) is 23.0. The molecule has 8 nitrogen and oxygen atoms in total. The minimum atomic E-state index is -3.81. The van der Waals surface area contributed by atoms with Crippen molar-refractivity contribution in [1.82, 2.24) is 4.31 Å². The van der Waals surface area contributed by atoms with E-state index in [4.69, 9.17) is 0 Å². The number of hydrogen-bond acceptors (Lipinski definition) is 6. The molecule has 2 N–H and O–H groups in total. The quantitative estimate of drug-likeness (QED) is 0.614. The Labute approximate surface area is 116 Å². The third-order valence-corrected chi connectivity index (χ3v) is 5.06. The van der Waals surface area contributed by atoms with Gasteiger partial charge in [-0.05, 0) is 18.6 Å². The number of benzene rings is 1. The number of nitro groups is 1. The molecule has 110 valence electrons. The summed E-state index contributed by atoms with van der Waals surface area (Å²) >= 11 is 0. The third-order valence-electron chi connectivity index (χ3n) is 3.20. The van der Waals surface area contributed by atoms with Gasteiger partial charge in [0.05, 0.1) is 15.9 Å². The Hall–Kier alpha value is -1.71. The molecule has 1 aromatic rings. The lowest BCUT2D eigenvalue weighted by Gasteiger charge is -2.16. The summed E-state index contributed by atoms with van der Waals surface area (Å²) in [4.78, 5) is 10.2. The molecule has 0 aliphatic carbocycles. The van der Waals surface area contributed by atoms with Gasteiger partial charge in [0.2, 0.25) is 10.0 Å². The molecule has 1 fully saturated rings. The number of nitro benzene ring substituents is 1. The van der Waals surface area contributed by atoms with E-state index in [-0.39, 0.29) is 29.4 Å². The van der Waals surface area contributed by atoms with Crippen LogP contribution in [0.25, 0.3) is 0 Å². The summed E-state index contributed by atoms with van der Waals surface area (Å²) in [6.45, 7) is 0.231. The number of aliphatic hydroxyl groups is 1. The van der Waals surface area contributed by atoms with E-state index in [0.29, 0.717) is 6.42 Å². The van der Waals surface area contributed by atoms with Crippen LogP contribution < -0.4 is 5.32 Å². The maximum absolute atomic E-state index is 12.3. The molecule has 1 saturated heterocycles. The standard InChI is InChI=1S/C11H15N3O5S/c1-12-10-3-2-9(6-11(10)14(16)17)20(18,19)13-5-4-8(15)7-13/h2-3,6,8,12,15H,4-5,7H2,1H3. The fourth-order valence-electron chi connectivity index (χ4n) is 2.11. The summed E-state index contributed by atoms with van der Waals surface area (Å²) in [7, 11) is -2.29. The zero-order chi connectivity index (χ0) is 14.9. The minimum absolute atomic E-state index is 0.0178. The molecule has 1 unspecified atom stereocenters. The summed E-state index contributed by atoms with van der Waals surface area (Å²) < 4.78 is 25.8. The van der Waals surface area contributed by atoms with Gasteiger partial charge in [-0.1, -0.05) is 0 Å². The highest BCUT2D eigenvalue weighted by Gasteiger charge is 2.32. The first-order chi connectivity index (χ1) is 9.36. The molecule has 2 rings (SSSR count). The highest BCUT2D eigenvalue weighted by Crippen LogP contribution is 2.29. The molecule has 1 atom stereocenters. The molecular formula is C11H15N3O5S. The first kappa shape index (κ1) is 14.7. The second-order valence-corrected chi connectivity index (χ2v) is 6.43. The monoisotopic (exact) mass is 301 g/mol. The van der Waals surface area contributed by atoms with Crippen molar-refractivity contribution in [3.05, 3.63) is 28.3 Å². The molecule has 9 heteroatoms. The van der Waals surface area contributed by atoms with Crippen molar-refractivity contribution in [1.29, 1.82) is 0 Å². The Kier molecular flexibility index (Phi) is 3.93. The van der Waals surface area contributed by atoms with E-state index in [1.54, 1.807) is 0 Å². The number of nitrogens with one attached hydrogen (secondary N) is 1. The Morgan fingerprint density at radius 3 is 2.70 bits per heavy atom. The molecule has 1 aliphatic heterocycles. The number of β-amino-alcohol motifs (C(OH)–C–C–N with tert-alkyl or cyclic N) is 1. The number of aliphatic hydroxyl groups excluding tert-OH is 1. The molecule has 0 radical (unpaired) electrons. The molecule has 1 aromatic carbocycles. The molecular weight excluding hydrogens is 286 g/mol. The van der Waals surface area contributed by atoms with Crippen LogP contribution in [0.2, 0.25) is 0 Å². The van der Waals surface area contributed by atoms with Gasteiger partial charge < -0.3 is 10.4 Å².